The molecule has 0 heterocycles. The fraction of sp³-hybridized carbons (Fsp3) is 0.133. The number of hydrogen-bond acceptors (Lipinski definition) is 4. The number of hydrogen-bond donors (Lipinski definition) is 2. The van der Waals surface area contributed by atoms with Crippen LogP contribution in [0.15, 0.2) is 84.9 Å². The van der Waals surface area contributed by atoms with Gasteiger partial charge in [0.25, 0.3) is 0 Å². The van der Waals surface area contributed by atoms with Crippen LogP contribution in [0.3, 0.4) is 0 Å². The van der Waals surface area contributed by atoms with Crippen LogP contribution in [-0.4, -0.2) is 25.0 Å². The third kappa shape index (κ3) is 6.22. The summed E-state index contributed by atoms with van der Waals surface area (Å²) in [7, 11) is 1.17. The molecule has 2 atom stereocenters. The number of nitrogens with one attached hydrogen (secondary N) is 2. The molecule has 0 aliphatic heterocycles. The van der Waals surface area contributed by atoms with Crippen LogP contribution in [0, 0.1) is 23.3 Å². The second-order valence-electron chi connectivity index (χ2n) is 8.99. The van der Waals surface area contributed by atoms with Gasteiger partial charge >= 0.3 is 12.1 Å². The molecule has 0 aliphatic carbocycles. The van der Waals surface area contributed by atoms with Crippen LogP contribution in [0.4, 0.5) is 42.1 Å². The minimum absolute atomic E-state index is 0.110. The zero-order valence-electron chi connectivity index (χ0n) is 21.6. The molecule has 5 nitrogen and oxygen atoms in total. The van der Waals surface area contributed by atoms with Gasteiger partial charge in [-0.1, -0.05) is 60.7 Å². The van der Waals surface area contributed by atoms with Crippen LogP contribution in [0.1, 0.15) is 33.0 Å². The number of halogens is 7. The van der Waals surface area contributed by atoms with Gasteiger partial charge in [-0.2, -0.15) is 13.2 Å². The minimum atomic E-state index is -5.75. The van der Waals surface area contributed by atoms with Crippen molar-refractivity contribution in [3.05, 3.63) is 130 Å². The van der Waals surface area contributed by atoms with Gasteiger partial charge in [-0.25, -0.2) is 22.4 Å². The summed E-state index contributed by atoms with van der Waals surface area (Å²) in [6.07, 6.45) is -5.75. The number of esters is 1. The van der Waals surface area contributed by atoms with E-state index in [4.69, 9.17) is 4.74 Å². The van der Waals surface area contributed by atoms with Crippen molar-refractivity contribution < 1.29 is 45.1 Å². The highest BCUT2D eigenvalue weighted by Gasteiger charge is 2.43. The summed E-state index contributed by atoms with van der Waals surface area (Å²) in [6, 6.07) is 20.7. The van der Waals surface area contributed by atoms with E-state index in [9.17, 15) is 40.3 Å². The summed E-state index contributed by atoms with van der Waals surface area (Å²) in [5.41, 5.74) is -3.24. The first-order chi connectivity index (χ1) is 19.9. The maximum Gasteiger partial charge on any atom is 0.422 e. The second-order valence-corrected chi connectivity index (χ2v) is 8.99. The highest BCUT2D eigenvalue weighted by Crippen LogP contribution is 2.39. The summed E-state index contributed by atoms with van der Waals surface area (Å²) in [5, 5.41) is 4.66. The van der Waals surface area contributed by atoms with Crippen molar-refractivity contribution in [1.82, 2.24) is 0 Å². The zero-order valence-corrected chi connectivity index (χ0v) is 21.6. The Morgan fingerprint density at radius 1 is 0.738 bits per heavy atom. The van der Waals surface area contributed by atoms with Crippen molar-refractivity contribution in [1.29, 1.82) is 0 Å². The van der Waals surface area contributed by atoms with E-state index in [0.29, 0.717) is 16.8 Å². The van der Waals surface area contributed by atoms with Gasteiger partial charge in [0.05, 0.1) is 12.7 Å². The molecule has 1 amide bonds. The third-order valence-corrected chi connectivity index (χ3v) is 6.33. The lowest BCUT2D eigenvalue weighted by Gasteiger charge is -2.29. The van der Waals surface area contributed by atoms with Gasteiger partial charge in [-0.05, 0) is 35.4 Å². The van der Waals surface area contributed by atoms with Crippen molar-refractivity contribution >= 4 is 23.3 Å². The van der Waals surface area contributed by atoms with E-state index in [2.05, 4.69) is 5.32 Å². The monoisotopic (exact) mass is 590 g/mol. The Hall–Kier alpha value is -4.87. The summed E-state index contributed by atoms with van der Waals surface area (Å²) in [4.78, 5) is 26.0. The lowest BCUT2D eigenvalue weighted by Crippen LogP contribution is -2.41. The Morgan fingerprint density at radius 3 is 1.83 bits per heavy atom. The van der Waals surface area contributed by atoms with Crippen LogP contribution in [0.25, 0.3) is 0 Å². The second kappa shape index (κ2) is 12.3. The number of amides is 1. The van der Waals surface area contributed by atoms with Crippen LogP contribution < -0.4 is 10.6 Å². The number of para-hydroxylation sites is 1. The largest absolute Gasteiger partial charge is 0.465 e. The molecule has 0 saturated heterocycles. The summed E-state index contributed by atoms with van der Waals surface area (Å²) in [5.74, 6) is -13.3. The van der Waals surface area contributed by atoms with Gasteiger partial charge in [0.1, 0.15) is 17.3 Å². The quantitative estimate of drug-likeness (QED) is 0.128. The van der Waals surface area contributed by atoms with Crippen molar-refractivity contribution in [2.75, 3.05) is 17.7 Å². The molecule has 12 heteroatoms. The normalized spacial score (nSPS) is 12.8. The van der Waals surface area contributed by atoms with E-state index >= 15 is 0 Å². The molecule has 0 aliphatic rings. The molecular weight excluding hydrogens is 569 g/mol. The minimum Gasteiger partial charge on any atom is -0.465 e. The number of carbonyl (C=O) groups excluding carboxylic acids is 2. The van der Waals surface area contributed by atoms with E-state index in [1.54, 1.807) is 72.0 Å². The topological polar surface area (TPSA) is 67.4 Å². The molecule has 0 saturated carbocycles. The van der Waals surface area contributed by atoms with Gasteiger partial charge in [-0.15, -0.1) is 0 Å². The lowest BCUT2D eigenvalue weighted by atomic mass is 9.83. The maximum absolute atomic E-state index is 14.7. The number of rotatable bonds is 8. The standard InChI is InChI=1S/C30H21F7N2O3/c1-42-29(41)18-12-8-11-17(15-18)20(16-9-4-2-5-10-16)26(38-19-13-6-3-7-14-19)28(40)39-27-24(33)22(31)21(30(35,36)37)23(32)25(27)34/h2-15,20,26,38H,1H3,(H,39,40)/t20?,26-/m0/s1. The predicted molar refractivity (Wildman–Crippen MR) is 140 cm³/mol. The molecule has 0 aromatic heterocycles. The van der Waals surface area contributed by atoms with E-state index in [1.807, 2.05) is 0 Å². The summed E-state index contributed by atoms with van der Waals surface area (Å²) in [6.45, 7) is 0. The number of ether oxygens (including phenoxy) is 1. The van der Waals surface area contributed by atoms with Gasteiger partial charge in [-0.3, -0.25) is 4.79 Å². The molecule has 218 valence electrons. The molecule has 0 bridgehead atoms. The fourth-order valence-corrected chi connectivity index (χ4v) is 4.42. The first-order valence-corrected chi connectivity index (χ1v) is 12.2. The molecule has 0 radical (unpaired) electrons. The van der Waals surface area contributed by atoms with E-state index < -0.39 is 64.5 Å². The smallest absolute Gasteiger partial charge is 0.422 e. The van der Waals surface area contributed by atoms with Crippen molar-refractivity contribution in [3.8, 4) is 0 Å². The van der Waals surface area contributed by atoms with Crippen molar-refractivity contribution in [2.24, 2.45) is 0 Å². The Labute approximate surface area is 234 Å². The molecule has 0 spiro atoms. The van der Waals surface area contributed by atoms with Gasteiger partial charge < -0.3 is 15.4 Å². The SMILES string of the molecule is COC(=O)c1cccc(C(c2ccccc2)[C@H](Nc2ccccc2)C(=O)Nc2c(F)c(F)c(C(F)(F)F)c(F)c2F)c1. The molecule has 0 fully saturated rings. The molecule has 4 aromatic rings. The Kier molecular flexibility index (Phi) is 8.84. The molecule has 42 heavy (non-hydrogen) atoms. The van der Waals surface area contributed by atoms with Gasteiger partial charge in [0, 0.05) is 11.6 Å². The Morgan fingerprint density at radius 2 is 1.29 bits per heavy atom. The van der Waals surface area contributed by atoms with Crippen LogP contribution in [-0.2, 0) is 15.7 Å². The lowest BCUT2D eigenvalue weighted by molar-refractivity contribution is -0.143. The Balaban J connectivity index is 1.87. The maximum atomic E-state index is 14.7. The predicted octanol–water partition coefficient (Wildman–Crippen LogP) is 7.30. The van der Waals surface area contributed by atoms with Crippen molar-refractivity contribution in [2.45, 2.75) is 18.1 Å². The van der Waals surface area contributed by atoms with Crippen LogP contribution in [0.5, 0.6) is 0 Å². The third-order valence-electron chi connectivity index (χ3n) is 6.33. The van der Waals surface area contributed by atoms with E-state index in [1.165, 1.54) is 25.3 Å². The number of carbonyl (C=O) groups is 2. The number of benzene rings is 4. The first-order valence-electron chi connectivity index (χ1n) is 12.2. The number of anilines is 2. The highest BCUT2D eigenvalue weighted by atomic mass is 19.4. The van der Waals surface area contributed by atoms with Crippen LogP contribution >= 0.6 is 0 Å². The Bertz CT molecular complexity index is 1570. The van der Waals surface area contributed by atoms with E-state index in [-0.39, 0.29) is 5.56 Å². The molecule has 4 rings (SSSR count). The summed E-state index contributed by atoms with van der Waals surface area (Å²) < 4.78 is 102. The fourth-order valence-electron chi connectivity index (χ4n) is 4.42. The van der Waals surface area contributed by atoms with Crippen molar-refractivity contribution in [3.63, 3.8) is 0 Å². The molecule has 1 unspecified atom stereocenters. The average Bonchev–Trinajstić information content (AvgIpc) is 2.98. The van der Waals surface area contributed by atoms with Crippen LogP contribution in [0.2, 0.25) is 0 Å². The summed E-state index contributed by atoms with van der Waals surface area (Å²) >= 11 is 0. The molecule has 2 N–H and O–H groups in total. The molecular formula is C30H21F7N2O3. The molecule has 4 aromatic carbocycles. The van der Waals surface area contributed by atoms with E-state index in [0.717, 1.165) is 0 Å². The average molecular weight is 590 g/mol. The number of alkyl halides is 3. The zero-order chi connectivity index (χ0) is 30.6. The first kappa shape index (κ1) is 30.1. The number of methoxy groups -OCH3 is 1. The van der Waals surface area contributed by atoms with Gasteiger partial charge in [0.15, 0.2) is 23.3 Å². The van der Waals surface area contributed by atoms with Gasteiger partial charge in [0.2, 0.25) is 5.91 Å². The highest BCUT2D eigenvalue weighted by molar-refractivity contribution is 5.98.